The first-order chi connectivity index (χ1) is 3.41. The van der Waals surface area contributed by atoms with Crippen molar-refractivity contribution >= 4 is 19.5 Å². The van der Waals surface area contributed by atoms with Gasteiger partial charge < -0.3 is 9.59 Å². The first kappa shape index (κ1) is 6.91. The van der Waals surface area contributed by atoms with Crippen LogP contribution < -0.4 is 0 Å². The van der Waals surface area contributed by atoms with Crippen LogP contribution in [0.3, 0.4) is 0 Å². The summed E-state index contributed by atoms with van der Waals surface area (Å²) in [7, 11) is -1.93. The maximum atomic E-state index is 8.26. The lowest BCUT2D eigenvalue weighted by atomic mass is 10.8. The molecule has 0 aromatic heterocycles. The fourth-order valence-corrected chi connectivity index (χ4v) is 1.13. The third kappa shape index (κ3) is 5.91. The molecule has 2 nitrogen and oxygen atoms in total. The highest BCUT2D eigenvalue weighted by atomic mass is 28.2. The smallest absolute Gasteiger partial charge is 0.236 e. The molecule has 0 rings (SSSR count). The normalized spacial score (nSPS) is 10.6. The van der Waals surface area contributed by atoms with Crippen molar-refractivity contribution in [3.05, 3.63) is 0 Å². The van der Waals surface area contributed by atoms with Gasteiger partial charge in [-0.05, 0) is 0 Å². The van der Waals surface area contributed by atoms with E-state index in [-0.39, 0.29) is 0 Å². The predicted molar refractivity (Wildman–Crippen MR) is 34.1 cm³/mol. The summed E-state index contributed by atoms with van der Waals surface area (Å²) in [4.78, 5) is 16.5. The van der Waals surface area contributed by atoms with Crippen LogP contribution in [-0.2, 0) is 0 Å². The van der Waals surface area contributed by atoms with Crippen LogP contribution in [0.15, 0.2) is 0 Å². The number of rotatable bonds is 1. The summed E-state index contributed by atoms with van der Waals surface area (Å²) in [6, 6.07) is 0.633. The monoisotopic (exact) mass is 132 g/mol. The topological polar surface area (TPSA) is 40.5 Å². The van der Waals surface area contributed by atoms with Gasteiger partial charge in [0.15, 0.2) is 9.76 Å². The minimum atomic E-state index is -1.06. The van der Waals surface area contributed by atoms with Gasteiger partial charge in [-0.15, -0.1) is 11.5 Å². The predicted octanol–water partition coefficient (Wildman–Crippen LogP) is -2.48. The molecule has 0 aromatic rings. The van der Waals surface area contributed by atoms with Crippen LogP contribution >= 0.6 is 0 Å². The van der Waals surface area contributed by atoms with Gasteiger partial charge in [0, 0.05) is 6.04 Å². The molecule has 0 aromatic carbocycles. The minimum absolute atomic E-state index is 0.633. The van der Waals surface area contributed by atoms with Gasteiger partial charge in [-0.25, -0.2) is 0 Å². The van der Waals surface area contributed by atoms with Crippen LogP contribution in [0, 0.1) is 11.5 Å². The lowest BCUT2D eigenvalue weighted by Gasteiger charge is -1.72. The summed E-state index contributed by atoms with van der Waals surface area (Å²) in [6.07, 6.45) is 0. The molecule has 2 N–H and O–H groups in total. The van der Waals surface area contributed by atoms with Gasteiger partial charge in [0.1, 0.15) is 0 Å². The molecule has 0 spiro atoms. The quantitative estimate of drug-likeness (QED) is 0.306. The Bertz CT molecular complexity index is 82.7. The van der Waals surface area contributed by atoms with Gasteiger partial charge in [0.25, 0.3) is 0 Å². The van der Waals surface area contributed by atoms with Gasteiger partial charge in [0.2, 0.25) is 9.76 Å². The van der Waals surface area contributed by atoms with Gasteiger partial charge >= 0.3 is 0 Å². The molecule has 0 heterocycles. The van der Waals surface area contributed by atoms with E-state index in [2.05, 4.69) is 11.5 Å². The molecule has 0 saturated carbocycles. The first-order valence-electron chi connectivity index (χ1n) is 2.09. The molecule has 0 amide bonds. The standard InChI is InChI=1S/C3H8O2Si2/c4-6-2-1-3-7-5/h4-5H,2,6-7H2. The molecule has 40 valence electrons. The SMILES string of the molecule is O[SiH2]C#CC[SiH2]O. The largest absolute Gasteiger partial charge is 0.437 e. The Labute approximate surface area is 47.5 Å². The van der Waals surface area contributed by atoms with Gasteiger partial charge in [0.05, 0.1) is 0 Å². The third-order valence-corrected chi connectivity index (χ3v) is 1.32. The molecule has 0 fully saturated rings. The lowest BCUT2D eigenvalue weighted by Crippen LogP contribution is -1.83. The first-order valence-corrected chi connectivity index (χ1v) is 5.06. The zero-order valence-corrected chi connectivity index (χ0v) is 6.84. The fourth-order valence-electron chi connectivity index (χ4n) is 0.200. The van der Waals surface area contributed by atoms with Gasteiger partial charge in [-0.1, -0.05) is 0 Å². The number of hydrogen-bond acceptors (Lipinski definition) is 2. The van der Waals surface area contributed by atoms with E-state index in [0.29, 0.717) is 6.04 Å². The molecule has 4 heteroatoms. The molecule has 0 radical (unpaired) electrons. The highest BCUT2D eigenvalue weighted by Gasteiger charge is 1.70. The molecule has 0 saturated heterocycles. The zero-order chi connectivity index (χ0) is 5.54. The van der Waals surface area contributed by atoms with E-state index in [0.717, 1.165) is 0 Å². The average Bonchev–Trinajstić information content (AvgIpc) is 1.69. The van der Waals surface area contributed by atoms with Crippen molar-refractivity contribution in [3.8, 4) is 11.5 Å². The maximum absolute atomic E-state index is 8.26. The third-order valence-electron chi connectivity index (χ3n) is 0.441. The zero-order valence-electron chi connectivity index (χ0n) is 4.02. The number of hydrogen-bond donors (Lipinski definition) is 2. The van der Waals surface area contributed by atoms with Gasteiger partial charge in [-0.3, -0.25) is 0 Å². The van der Waals surface area contributed by atoms with Crippen molar-refractivity contribution in [2.24, 2.45) is 0 Å². The Morgan fingerprint density at radius 1 is 1.43 bits per heavy atom. The minimum Gasteiger partial charge on any atom is -0.437 e. The molecular weight excluding hydrogens is 124 g/mol. The fraction of sp³-hybridized carbons (Fsp3) is 0.333. The summed E-state index contributed by atoms with van der Waals surface area (Å²) in [5.41, 5.74) is 2.57. The second-order valence-electron chi connectivity index (χ2n) is 0.985. The average molecular weight is 132 g/mol. The second kappa shape index (κ2) is 5.91. The van der Waals surface area contributed by atoms with Gasteiger partial charge in [-0.2, -0.15) is 0 Å². The van der Waals surface area contributed by atoms with Crippen molar-refractivity contribution in [1.82, 2.24) is 0 Å². The molecule has 0 unspecified atom stereocenters. The Morgan fingerprint density at radius 2 is 2.14 bits per heavy atom. The molecule has 0 atom stereocenters. The molecule has 0 aliphatic carbocycles. The molecule has 7 heavy (non-hydrogen) atoms. The molecule has 0 bridgehead atoms. The van der Waals surface area contributed by atoms with Crippen LogP contribution in [-0.4, -0.2) is 29.1 Å². The van der Waals surface area contributed by atoms with Crippen molar-refractivity contribution in [2.45, 2.75) is 6.04 Å². The van der Waals surface area contributed by atoms with E-state index in [9.17, 15) is 0 Å². The van der Waals surface area contributed by atoms with Crippen LogP contribution in [0.2, 0.25) is 6.04 Å². The van der Waals surface area contributed by atoms with E-state index < -0.39 is 19.5 Å². The summed E-state index contributed by atoms with van der Waals surface area (Å²) < 4.78 is 0. The van der Waals surface area contributed by atoms with Crippen LogP contribution in [0.25, 0.3) is 0 Å². The summed E-state index contributed by atoms with van der Waals surface area (Å²) in [5.74, 6) is 2.66. The Balaban J connectivity index is 2.91. The Kier molecular flexibility index (Phi) is 5.84. The molecule has 0 aliphatic rings. The highest BCUT2D eigenvalue weighted by molar-refractivity contribution is 6.37. The van der Waals surface area contributed by atoms with Crippen molar-refractivity contribution in [3.63, 3.8) is 0 Å². The van der Waals surface area contributed by atoms with Crippen molar-refractivity contribution < 1.29 is 9.59 Å². The maximum Gasteiger partial charge on any atom is 0.236 e. The van der Waals surface area contributed by atoms with Crippen LogP contribution in [0.5, 0.6) is 0 Å². The van der Waals surface area contributed by atoms with Crippen molar-refractivity contribution in [2.75, 3.05) is 0 Å². The van der Waals surface area contributed by atoms with Crippen LogP contribution in [0.1, 0.15) is 0 Å². The summed E-state index contributed by atoms with van der Waals surface area (Å²) >= 11 is 0. The molecular formula is C3H8O2Si2. The highest BCUT2D eigenvalue weighted by Crippen LogP contribution is 1.65. The summed E-state index contributed by atoms with van der Waals surface area (Å²) in [6.45, 7) is 0. The van der Waals surface area contributed by atoms with Crippen molar-refractivity contribution in [1.29, 1.82) is 0 Å². The van der Waals surface area contributed by atoms with E-state index >= 15 is 0 Å². The lowest BCUT2D eigenvalue weighted by molar-refractivity contribution is 0.606. The van der Waals surface area contributed by atoms with E-state index in [1.54, 1.807) is 0 Å². The Morgan fingerprint density at radius 3 is 2.57 bits per heavy atom. The van der Waals surface area contributed by atoms with Crippen LogP contribution in [0.4, 0.5) is 0 Å². The summed E-state index contributed by atoms with van der Waals surface area (Å²) in [5, 5.41) is 0. The second-order valence-corrected chi connectivity index (χ2v) is 2.60. The molecule has 0 aliphatic heterocycles. The van der Waals surface area contributed by atoms with E-state index in [1.165, 1.54) is 0 Å². The Hall–Kier alpha value is -0.0862. The van der Waals surface area contributed by atoms with E-state index in [4.69, 9.17) is 9.59 Å². The van der Waals surface area contributed by atoms with E-state index in [1.807, 2.05) is 0 Å².